The second-order valence-electron chi connectivity index (χ2n) is 6.34. The standard InChI is InChI=1S/C18H29NO3/c20-13-16-18(22)17(21)15(19-16)12-8-3-1-2-5-9-14-10-6-4-7-11-14/h4,6-7,10-11,15-22H,1-3,5,8-9,12-13H2/t15-,16-,17-,18-/m1/s1. The molecule has 124 valence electrons. The van der Waals surface area contributed by atoms with Gasteiger partial charge in [0.15, 0.2) is 0 Å². The number of aliphatic hydroxyl groups is 3. The molecule has 22 heavy (non-hydrogen) atoms. The lowest BCUT2D eigenvalue weighted by Crippen LogP contribution is -2.36. The van der Waals surface area contributed by atoms with E-state index in [1.165, 1.54) is 24.8 Å². The number of aliphatic hydroxyl groups excluding tert-OH is 3. The topological polar surface area (TPSA) is 72.7 Å². The van der Waals surface area contributed by atoms with Crippen molar-refractivity contribution >= 4 is 0 Å². The van der Waals surface area contributed by atoms with Crippen molar-refractivity contribution in [1.29, 1.82) is 0 Å². The molecule has 0 unspecified atom stereocenters. The van der Waals surface area contributed by atoms with Crippen LogP contribution in [-0.2, 0) is 6.42 Å². The maximum atomic E-state index is 9.90. The fraction of sp³-hybridized carbons (Fsp3) is 0.667. The van der Waals surface area contributed by atoms with E-state index in [1.807, 2.05) is 6.07 Å². The van der Waals surface area contributed by atoms with Crippen LogP contribution in [-0.4, -0.2) is 46.2 Å². The fourth-order valence-electron chi connectivity index (χ4n) is 3.23. The third-order valence-corrected chi connectivity index (χ3v) is 4.62. The highest BCUT2D eigenvalue weighted by Crippen LogP contribution is 2.19. The molecule has 0 amide bonds. The Morgan fingerprint density at radius 2 is 1.45 bits per heavy atom. The van der Waals surface area contributed by atoms with Gasteiger partial charge in [-0.15, -0.1) is 0 Å². The summed E-state index contributed by atoms with van der Waals surface area (Å²) in [5.74, 6) is 0. The molecule has 1 aromatic carbocycles. The van der Waals surface area contributed by atoms with Crippen LogP contribution in [0.1, 0.15) is 44.1 Å². The summed E-state index contributed by atoms with van der Waals surface area (Å²) in [5.41, 5.74) is 1.41. The highest BCUT2D eigenvalue weighted by atomic mass is 16.3. The zero-order valence-corrected chi connectivity index (χ0v) is 13.2. The van der Waals surface area contributed by atoms with Gasteiger partial charge in [0.1, 0.15) is 0 Å². The van der Waals surface area contributed by atoms with Crippen molar-refractivity contribution in [3.63, 3.8) is 0 Å². The van der Waals surface area contributed by atoms with E-state index >= 15 is 0 Å². The molecule has 1 saturated heterocycles. The molecule has 4 atom stereocenters. The van der Waals surface area contributed by atoms with Crippen LogP contribution in [0.25, 0.3) is 0 Å². The molecule has 0 radical (unpaired) electrons. The summed E-state index contributed by atoms with van der Waals surface area (Å²) < 4.78 is 0. The first kappa shape index (κ1) is 17.4. The third kappa shape index (κ3) is 5.06. The molecule has 0 spiro atoms. The lowest BCUT2D eigenvalue weighted by atomic mass is 10.0. The monoisotopic (exact) mass is 307 g/mol. The highest BCUT2D eigenvalue weighted by Gasteiger charge is 2.39. The Morgan fingerprint density at radius 1 is 0.818 bits per heavy atom. The minimum atomic E-state index is -0.846. The van der Waals surface area contributed by atoms with E-state index in [2.05, 4.69) is 29.6 Å². The first-order valence-corrected chi connectivity index (χ1v) is 8.49. The van der Waals surface area contributed by atoms with E-state index in [-0.39, 0.29) is 18.7 Å². The van der Waals surface area contributed by atoms with Gasteiger partial charge >= 0.3 is 0 Å². The Kier molecular flexibility index (Phi) is 7.33. The minimum absolute atomic E-state index is 0.0866. The summed E-state index contributed by atoms with van der Waals surface area (Å²) in [6.45, 7) is -0.131. The number of nitrogens with one attached hydrogen (secondary N) is 1. The molecule has 1 fully saturated rings. The third-order valence-electron chi connectivity index (χ3n) is 4.62. The van der Waals surface area contributed by atoms with Crippen molar-refractivity contribution in [2.75, 3.05) is 6.61 Å². The predicted octanol–water partition coefficient (Wildman–Crippen LogP) is 1.62. The van der Waals surface area contributed by atoms with Gasteiger partial charge in [-0.3, -0.25) is 0 Å². The van der Waals surface area contributed by atoms with Gasteiger partial charge in [-0.25, -0.2) is 0 Å². The lowest BCUT2D eigenvalue weighted by Gasteiger charge is -2.15. The van der Waals surface area contributed by atoms with E-state index in [0.29, 0.717) is 0 Å². The SMILES string of the molecule is OC[C@H]1N[C@H](CCCCCCCc2ccccc2)[C@@H](O)[C@@H]1O. The molecule has 0 aliphatic carbocycles. The number of benzene rings is 1. The predicted molar refractivity (Wildman–Crippen MR) is 87.7 cm³/mol. The van der Waals surface area contributed by atoms with Crippen LogP contribution in [0.15, 0.2) is 30.3 Å². The molecule has 0 aromatic heterocycles. The van der Waals surface area contributed by atoms with Crippen molar-refractivity contribution in [3.8, 4) is 0 Å². The van der Waals surface area contributed by atoms with Crippen LogP contribution in [0, 0.1) is 0 Å². The molecular formula is C18H29NO3. The van der Waals surface area contributed by atoms with Crippen molar-refractivity contribution in [1.82, 2.24) is 5.32 Å². The molecule has 4 N–H and O–H groups in total. The van der Waals surface area contributed by atoms with Gasteiger partial charge in [-0.1, -0.05) is 56.0 Å². The molecule has 1 aromatic rings. The minimum Gasteiger partial charge on any atom is -0.395 e. The largest absolute Gasteiger partial charge is 0.395 e. The average Bonchev–Trinajstić information content (AvgIpc) is 2.82. The van der Waals surface area contributed by atoms with E-state index in [9.17, 15) is 10.2 Å². The van der Waals surface area contributed by atoms with Gasteiger partial charge in [0.25, 0.3) is 0 Å². The van der Waals surface area contributed by atoms with Crippen LogP contribution in [0.3, 0.4) is 0 Å². The summed E-state index contributed by atoms with van der Waals surface area (Å²) in [7, 11) is 0. The number of hydrogen-bond donors (Lipinski definition) is 4. The van der Waals surface area contributed by atoms with Crippen LogP contribution in [0.4, 0.5) is 0 Å². The molecule has 1 aliphatic rings. The summed E-state index contributed by atoms with van der Waals surface area (Å²) >= 11 is 0. The number of hydrogen-bond acceptors (Lipinski definition) is 4. The Hall–Kier alpha value is -0.940. The van der Waals surface area contributed by atoms with Crippen molar-refractivity contribution in [2.24, 2.45) is 0 Å². The zero-order valence-electron chi connectivity index (χ0n) is 13.2. The van der Waals surface area contributed by atoms with Crippen LogP contribution < -0.4 is 5.32 Å². The Balaban J connectivity index is 1.51. The second kappa shape index (κ2) is 9.26. The summed E-state index contributed by atoms with van der Waals surface area (Å²) in [6.07, 6.45) is 6.26. The molecule has 0 saturated carbocycles. The van der Waals surface area contributed by atoms with Crippen LogP contribution in [0.2, 0.25) is 0 Å². The zero-order chi connectivity index (χ0) is 15.8. The molecular weight excluding hydrogens is 278 g/mol. The van der Waals surface area contributed by atoms with E-state index < -0.39 is 12.2 Å². The summed E-state index contributed by atoms with van der Waals surface area (Å²) in [4.78, 5) is 0. The summed E-state index contributed by atoms with van der Waals surface area (Å²) in [5, 5.41) is 31.9. The maximum Gasteiger partial charge on any atom is 0.0989 e. The summed E-state index contributed by atoms with van der Waals surface area (Å²) in [6, 6.07) is 10.1. The van der Waals surface area contributed by atoms with Crippen LogP contribution in [0.5, 0.6) is 0 Å². The Bertz CT molecular complexity index is 412. The van der Waals surface area contributed by atoms with E-state index in [0.717, 1.165) is 25.7 Å². The van der Waals surface area contributed by atoms with E-state index in [1.54, 1.807) is 0 Å². The molecule has 0 bridgehead atoms. The van der Waals surface area contributed by atoms with Crippen molar-refractivity contribution < 1.29 is 15.3 Å². The van der Waals surface area contributed by atoms with Gasteiger partial charge in [-0.05, 0) is 24.8 Å². The van der Waals surface area contributed by atoms with Crippen LogP contribution >= 0.6 is 0 Å². The lowest BCUT2D eigenvalue weighted by molar-refractivity contribution is 0.0186. The molecule has 4 heteroatoms. The van der Waals surface area contributed by atoms with Crippen molar-refractivity contribution in [3.05, 3.63) is 35.9 Å². The maximum absolute atomic E-state index is 9.90. The molecule has 1 heterocycles. The van der Waals surface area contributed by atoms with Gasteiger partial charge in [-0.2, -0.15) is 0 Å². The molecule has 1 aliphatic heterocycles. The normalized spacial score (nSPS) is 28.1. The Labute approximate surface area is 133 Å². The van der Waals surface area contributed by atoms with E-state index in [4.69, 9.17) is 5.11 Å². The molecule has 2 rings (SSSR count). The quantitative estimate of drug-likeness (QED) is 0.523. The van der Waals surface area contributed by atoms with Gasteiger partial charge in [0.2, 0.25) is 0 Å². The number of aryl methyl sites for hydroxylation is 1. The highest BCUT2D eigenvalue weighted by molar-refractivity contribution is 5.14. The first-order chi connectivity index (χ1) is 10.7. The second-order valence-corrected chi connectivity index (χ2v) is 6.34. The number of rotatable bonds is 9. The smallest absolute Gasteiger partial charge is 0.0989 e. The Morgan fingerprint density at radius 3 is 2.14 bits per heavy atom. The van der Waals surface area contributed by atoms with Gasteiger partial charge in [0, 0.05) is 6.04 Å². The van der Waals surface area contributed by atoms with Gasteiger partial charge in [0.05, 0.1) is 24.9 Å². The first-order valence-electron chi connectivity index (χ1n) is 8.49. The molecule has 4 nitrogen and oxygen atoms in total. The van der Waals surface area contributed by atoms with Gasteiger partial charge < -0.3 is 20.6 Å². The average molecular weight is 307 g/mol. The number of unbranched alkanes of at least 4 members (excludes halogenated alkanes) is 4. The fourth-order valence-corrected chi connectivity index (χ4v) is 3.23. The van der Waals surface area contributed by atoms with Crippen molar-refractivity contribution in [2.45, 2.75) is 69.2 Å².